The molecule has 1 aliphatic rings. The zero-order valence-electron chi connectivity index (χ0n) is 11.2. The number of nitrogens with zero attached hydrogens (tertiary/aromatic N) is 1. The highest BCUT2D eigenvalue weighted by molar-refractivity contribution is 6.41. The van der Waals surface area contributed by atoms with Crippen molar-refractivity contribution in [3.05, 3.63) is 21.9 Å². The van der Waals surface area contributed by atoms with Crippen LogP contribution >= 0.6 is 23.2 Å². The topological polar surface area (TPSA) is 48.1 Å². The number of carbonyl (C=O) groups excluding carboxylic acids is 1. The van der Waals surface area contributed by atoms with Crippen LogP contribution in [0.15, 0.2) is 6.07 Å². The number of aromatic nitrogens is 1. The van der Waals surface area contributed by atoms with Crippen LogP contribution in [0.2, 0.25) is 10.2 Å². The normalized spacial score (nSPS) is 23.7. The minimum atomic E-state index is -0.0272. The van der Waals surface area contributed by atoms with Gasteiger partial charge >= 0.3 is 0 Å². The Morgan fingerprint density at radius 2 is 2.16 bits per heavy atom. The van der Waals surface area contributed by atoms with Gasteiger partial charge in [-0.3, -0.25) is 4.79 Å². The molecule has 0 saturated carbocycles. The van der Waals surface area contributed by atoms with Crippen LogP contribution < -0.4 is 5.32 Å². The molecule has 19 heavy (non-hydrogen) atoms. The summed E-state index contributed by atoms with van der Waals surface area (Å²) in [4.78, 5) is 17.3. The summed E-state index contributed by atoms with van der Waals surface area (Å²) in [6.45, 7) is 5.77. The molecular formula is C13H19Cl2N3O. The SMILES string of the molecule is CCC1CN(C(=O)c2cc(Cl)c(Cl)[nH]2)C(CC)CN1. The lowest BCUT2D eigenvalue weighted by Crippen LogP contribution is -2.57. The molecule has 1 saturated heterocycles. The predicted octanol–water partition coefficient (Wildman–Crippen LogP) is 2.92. The largest absolute Gasteiger partial charge is 0.340 e. The van der Waals surface area contributed by atoms with E-state index in [9.17, 15) is 4.79 Å². The number of piperazine rings is 1. The standard InChI is InChI=1S/C13H19Cl2N3O/c1-3-8-7-18(9(4-2)6-16-8)13(19)11-5-10(14)12(15)17-11/h5,8-9,16-17H,3-4,6-7H2,1-2H3. The van der Waals surface area contributed by atoms with Gasteiger partial charge in [0.1, 0.15) is 10.8 Å². The van der Waals surface area contributed by atoms with Gasteiger partial charge in [0.2, 0.25) is 0 Å². The molecule has 2 N–H and O–H groups in total. The molecule has 1 aromatic rings. The molecule has 1 aromatic heterocycles. The van der Waals surface area contributed by atoms with Crippen LogP contribution in [0.3, 0.4) is 0 Å². The molecule has 6 heteroatoms. The Kier molecular flexibility index (Phi) is 4.76. The number of carbonyl (C=O) groups is 1. The van der Waals surface area contributed by atoms with E-state index < -0.39 is 0 Å². The lowest BCUT2D eigenvalue weighted by molar-refractivity contribution is 0.0570. The Balaban J connectivity index is 2.18. The van der Waals surface area contributed by atoms with Gasteiger partial charge in [-0.2, -0.15) is 0 Å². The quantitative estimate of drug-likeness (QED) is 0.902. The molecule has 1 fully saturated rings. The fourth-order valence-electron chi connectivity index (χ4n) is 2.42. The van der Waals surface area contributed by atoms with E-state index in [4.69, 9.17) is 23.2 Å². The summed E-state index contributed by atoms with van der Waals surface area (Å²) in [5.41, 5.74) is 0.463. The highest BCUT2D eigenvalue weighted by Gasteiger charge is 2.31. The highest BCUT2D eigenvalue weighted by atomic mass is 35.5. The van der Waals surface area contributed by atoms with Crippen molar-refractivity contribution in [1.82, 2.24) is 15.2 Å². The van der Waals surface area contributed by atoms with Gasteiger partial charge in [-0.15, -0.1) is 0 Å². The monoisotopic (exact) mass is 303 g/mol. The molecule has 0 radical (unpaired) electrons. The molecule has 1 amide bonds. The van der Waals surface area contributed by atoms with Gasteiger partial charge in [0.25, 0.3) is 5.91 Å². The van der Waals surface area contributed by atoms with Crippen LogP contribution in [0.4, 0.5) is 0 Å². The first-order valence-corrected chi connectivity index (χ1v) is 7.40. The van der Waals surface area contributed by atoms with Crippen molar-refractivity contribution in [2.24, 2.45) is 0 Å². The van der Waals surface area contributed by atoms with Crippen molar-refractivity contribution in [3.63, 3.8) is 0 Å². The number of hydrogen-bond acceptors (Lipinski definition) is 2. The van der Waals surface area contributed by atoms with Gasteiger partial charge in [0.05, 0.1) is 5.02 Å². The summed E-state index contributed by atoms with van der Waals surface area (Å²) in [5.74, 6) is -0.0272. The molecule has 0 aromatic carbocycles. The van der Waals surface area contributed by atoms with Gasteiger partial charge in [-0.1, -0.05) is 37.0 Å². The third-order valence-corrected chi connectivity index (χ3v) is 4.37. The molecular weight excluding hydrogens is 285 g/mol. The van der Waals surface area contributed by atoms with Crippen molar-refractivity contribution < 1.29 is 4.79 Å². The van der Waals surface area contributed by atoms with E-state index in [2.05, 4.69) is 24.1 Å². The second kappa shape index (κ2) is 6.16. The summed E-state index contributed by atoms with van der Waals surface area (Å²) in [7, 11) is 0. The Morgan fingerprint density at radius 1 is 1.42 bits per heavy atom. The maximum atomic E-state index is 12.5. The van der Waals surface area contributed by atoms with Crippen molar-refractivity contribution >= 4 is 29.1 Å². The van der Waals surface area contributed by atoms with Crippen LogP contribution in [0.1, 0.15) is 37.2 Å². The van der Waals surface area contributed by atoms with E-state index in [1.54, 1.807) is 6.07 Å². The Bertz CT molecular complexity index is 441. The molecule has 106 valence electrons. The zero-order valence-corrected chi connectivity index (χ0v) is 12.7. The third kappa shape index (κ3) is 3.07. The molecule has 1 aliphatic heterocycles. The second-order valence-corrected chi connectivity index (χ2v) is 5.66. The minimum absolute atomic E-state index is 0.0272. The van der Waals surface area contributed by atoms with Crippen LogP contribution in [0.25, 0.3) is 0 Å². The fraction of sp³-hybridized carbons (Fsp3) is 0.615. The molecule has 0 aliphatic carbocycles. The summed E-state index contributed by atoms with van der Waals surface area (Å²) >= 11 is 11.8. The van der Waals surface area contributed by atoms with Crippen LogP contribution in [0, 0.1) is 0 Å². The summed E-state index contributed by atoms with van der Waals surface area (Å²) in [5, 5.41) is 4.18. The van der Waals surface area contributed by atoms with E-state index in [1.807, 2.05) is 4.90 Å². The number of H-pyrrole nitrogens is 1. The lowest BCUT2D eigenvalue weighted by atomic mass is 10.0. The van der Waals surface area contributed by atoms with Crippen LogP contribution in [0.5, 0.6) is 0 Å². The minimum Gasteiger partial charge on any atom is -0.340 e. The smallest absolute Gasteiger partial charge is 0.270 e. The van der Waals surface area contributed by atoms with E-state index in [0.717, 1.165) is 25.9 Å². The predicted molar refractivity (Wildman–Crippen MR) is 78.0 cm³/mol. The number of hydrogen-bond donors (Lipinski definition) is 2. The van der Waals surface area contributed by atoms with Crippen molar-refractivity contribution in [3.8, 4) is 0 Å². The first kappa shape index (κ1) is 14.7. The van der Waals surface area contributed by atoms with Crippen molar-refractivity contribution in [2.75, 3.05) is 13.1 Å². The molecule has 0 bridgehead atoms. The number of amides is 1. The maximum Gasteiger partial charge on any atom is 0.270 e. The first-order chi connectivity index (χ1) is 9.06. The molecule has 2 unspecified atom stereocenters. The van der Waals surface area contributed by atoms with Gasteiger partial charge < -0.3 is 15.2 Å². The van der Waals surface area contributed by atoms with E-state index in [-0.39, 0.29) is 11.9 Å². The molecule has 0 spiro atoms. The summed E-state index contributed by atoms with van der Waals surface area (Å²) in [6.07, 6.45) is 1.93. The highest BCUT2D eigenvalue weighted by Crippen LogP contribution is 2.24. The first-order valence-electron chi connectivity index (χ1n) is 6.65. The van der Waals surface area contributed by atoms with Gasteiger partial charge in [-0.05, 0) is 18.9 Å². The number of aromatic amines is 1. The molecule has 2 rings (SSSR count). The number of nitrogens with one attached hydrogen (secondary N) is 2. The zero-order chi connectivity index (χ0) is 14.0. The fourth-order valence-corrected chi connectivity index (χ4v) is 2.74. The number of rotatable bonds is 3. The Morgan fingerprint density at radius 3 is 2.68 bits per heavy atom. The maximum absolute atomic E-state index is 12.5. The van der Waals surface area contributed by atoms with Crippen molar-refractivity contribution in [1.29, 1.82) is 0 Å². The van der Waals surface area contributed by atoms with Gasteiger partial charge in [-0.25, -0.2) is 0 Å². The van der Waals surface area contributed by atoms with Crippen LogP contribution in [-0.2, 0) is 0 Å². The summed E-state index contributed by atoms with van der Waals surface area (Å²) < 4.78 is 0. The Labute approximate surface area is 123 Å². The van der Waals surface area contributed by atoms with Crippen LogP contribution in [-0.4, -0.2) is 41.0 Å². The van der Waals surface area contributed by atoms with Gasteiger partial charge in [0.15, 0.2) is 0 Å². The van der Waals surface area contributed by atoms with E-state index in [0.29, 0.717) is 21.9 Å². The second-order valence-electron chi connectivity index (χ2n) is 4.88. The molecule has 2 atom stereocenters. The molecule has 2 heterocycles. The Hall–Kier alpha value is -0.710. The van der Waals surface area contributed by atoms with E-state index >= 15 is 0 Å². The average Bonchev–Trinajstić information content (AvgIpc) is 2.77. The summed E-state index contributed by atoms with van der Waals surface area (Å²) in [6, 6.07) is 2.17. The molecule has 4 nitrogen and oxygen atoms in total. The number of halogens is 2. The average molecular weight is 304 g/mol. The third-order valence-electron chi connectivity index (χ3n) is 3.68. The van der Waals surface area contributed by atoms with Gasteiger partial charge in [0, 0.05) is 25.2 Å². The van der Waals surface area contributed by atoms with E-state index in [1.165, 1.54) is 0 Å². The lowest BCUT2D eigenvalue weighted by Gasteiger charge is -2.39. The van der Waals surface area contributed by atoms with Crippen molar-refractivity contribution in [2.45, 2.75) is 38.8 Å².